The summed E-state index contributed by atoms with van der Waals surface area (Å²) in [5.74, 6) is 0.238. The molecule has 0 aromatic carbocycles. The third kappa shape index (κ3) is 5.02. The first-order valence-corrected chi connectivity index (χ1v) is 6.51. The highest BCUT2D eigenvalue weighted by Gasteiger charge is 2.21. The number of aliphatic hydroxyl groups excluding tert-OH is 1. The number of aliphatic hydroxyl groups is 1. The van der Waals surface area contributed by atoms with Crippen molar-refractivity contribution in [3.05, 3.63) is 0 Å². The summed E-state index contributed by atoms with van der Waals surface area (Å²) in [7, 11) is 0. The minimum atomic E-state index is 0.200. The smallest absolute Gasteiger partial charge is 0.224 e. The van der Waals surface area contributed by atoms with Crippen LogP contribution < -0.4 is 5.32 Å². The fourth-order valence-corrected chi connectivity index (χ4v) is 2.17. The van der Waals surface area contributed by atoms with E-state index in [1.807, 2.05) is 11.8 Å². The molecular weight excluding hydrogens is 218 g/mol. The van der Waals surface area contributed by atoms with Gasteiger partial charge in [-0.15, -0.1) is 0 Å². The lowest BCUT2D eigenvalue weighted by Gasteiger charge is -2.34. The molecule has 5 heteroatoms. The van der Waals surface area contributed by atoms with Crippen molar-refractivity contribution in [1.29, 1.82) is 0 Å². The number of amides is 1. The normalized spacial score (nSPS) is 19.4. The van der Waals surface area contributed by atoms with E-state index < -0.39 is 0 Å². The maximum absolute atomic E-state index is 12.0. The van der Waals surface area contributed by atoms with Gasteiger partial charge in [-0.3, -0.25) is 9.69 Å². The van der Waals surface area contributed by atoms with Crippen LogP contribution in [0.15, 0.2) is 0 Å². The molecule has 1 amide bonds. The van der Waals surface area contributed by atoms with E-state index in [1.165, 1.54) is 0 Å². The van der Waals surface area contributed by atoms with Crippen LogP contribution >= 0.6 is 0 Å². The quantitative estimate of drug-likeness (QED) is 0.661. The largest absolute Gasteiger partial charge is 0.395 e. The van der Waals surface area contributed by atoms with E-state index in [4.69, 9.17) is 5.11 Å². The van der Waals surface area contributed by atoms with Crippen molar-refractivity contribution in [1.82, 2.24) is 15.1 Å². The van der Waals surface area contributed by atoms with Crippen LogP contribution in [-0.2, 0) is 4.79 Å². The predicted octanol–water partition coefficient (Wildman–Crippen LogP) is -0.489. The molecule has 0 bridgehead atoms. The molecule has 1 fully saturated rings. The highest BCUT2D eigenvalue weighted by Crippen LogP contribution is 2.05. The Bertz CT molecular complexity index is 228. The first-order valence-electron chi connectivity index (χ1n) is 6.51. The number of piperazine rings is 1. The molecule has 0 radical (unpaired) electrons. The Morgan fingerprint density at radius 3 is 2.53 bits per heavy atom. The average molecular weight is 243 g/mol. The Hall–Kier alpha value is -0.650. The summed E-state index contributed by atoms with van der Waals surface area (Å²) in [6.07, 6.45) is 0.577. The zero-order chi connectivity index (χ0) is 12.7. The van der Waals surface area contributed by atoms with Gasteiger partial charge in [0, 0.05) is 45.2 Å². The van der Waals surface area contributed by atoms with Crippen LogP contribution in [0.5, 0.6) is 0 Å². The lowest BCUT2D eigenvalue weighted by molar-refractivity contribution is -0.133. The monoisotopic (exact) mass is 243 g/mol. The Morgan fingerprint density at radius 2 is 2.00 bits per heavy atom. The molecule has 1 heterocycles. The first kappa shape index (κ1) is 14.4. The van der Waals surface area contributed by atoms with Crippen LogP contribution in [-0.4, -0.2) is 72.7 Å². The van der Waals surface area contributed by atoms with Gasteiger partial charge in [-0.2, -0.15) is 0 Å². The van der Waals surface area contributed by atoms with Gasteiger partial charge in [-0.1, -0.05) is 6.92 Å². The number of β-amino-alcohol motifs (C(OH)–C–C–N with tert-alkyl or cyclic N) is 1. The summed E-state index contributed by atoms with van der Waals surface area (Å²) < 4.78 is 0. The van der Waals surface area contributed by atoms with E-state index in [1.54, 1.807) is 0 Å². The standard InChI is InChI=1S/C12H25N3O2/c1-3-13-11(2)10-12(17)15-6-4-14(5-7-15)8-9-16/h11,13,16H,3-10H2,1-2H3. The highest BCUT2D eigenvalue weighted by molar-refractivity contribution is 5.76. The van der Waals surface area contributed by atoms with Crippen molar-refractivity contribution in [2.45, 2.75) is 26.3 Å². The molecule has 1 atom stereocenters. The van der Waals surface area contributed by atoms with Gasteiger partial charge in [0.1, 0.15) is 0 Å². The van der Waals surface area contributed by atoms with Gasteiger partial charge in [-0.25, -0.2) is 0 Å². The fourth-order valence-electron chi connectivity index (χ4n) is 2.17. The summed E-state index contributed by atoms with van der Waals surface area (Å²) >= 11 is 0. The number of rotatable bonds is 6. The van der Waals surface area contributed by atoms with Crippen LogP contribution in [0.1, 0.15) is 20.3 Å². The molecule has 5 nitrogen and oxygen atoms in total. The first-order chi connectivity index (χ1) is 8.17. The summed E-state index contributed by atoms with van der Waals surface area (Å²) in [4.78, 5) is 16.1. The van der Waals surface area contributed by atoms with Crippen molar-refractivity contribution >= 4 is 5.91 Å². The zero-order valence-corrected chi connectivity index (χ0v) is 11.0. The SMILES string of the molecule is CCNC(C)CC(=O)N1CCN(CCO)CC1. The van der Waals surface area contributed by atoms with Crippen molar-refractivity contribution in [2.24, 2.45) is 0 Å². The molecule has 0 spiro atoms. The van der Waals surface area contributed by atoms with Gasteiger partial charge in [0.15, 0.2) is 0 Å². The number of nitrogens with zero attached hydrogens (tertiary/aromatic N) is 2. The van der Waals surface area contributed by atoms with E-state index in [-0.39, 0.29) is 18.6 Å². The molecule has 1 rings (SSSR count). The minimum absolute atomic E-state index is 0.200. The molecule has 1 aliphatic rings. The second kappa shape index (κ2) is 7.63. The van der Waals surface area contributed by atoms with Crippen LogP contribution in [0.2, 0.25) is 0 Å². The van der Waals surface area contributed by atoms with Gasteiger partial charge in [0.25, 0.3) is 0 Å². The second-order valence-electron chi connectivity index (χ2n) is 4.61. The topological polar surface area (TPSA) is 55.8 Å². The molecule has 1 unspecified atom stereocenters. The van der Waals surface area contributed by atoms with E-state index in [0.717, 1.165) is 39.3 Å². The van der Waals surface area contributed by atoms with Gasteiger partial charge in [0.2, 0.25) is 5.91 Å². The van der Waals surface area contributed by atoms with Gasteiger partial charge in [0.05, 0.1) is 6.61 Å². The molecule has 0 aromatic heterocycles. The number of carbonyl (C=O) groups is 1. The van der Waals surface area contributed by atoms with Crippen molar-refractivity contribution in [2.75, 3.05) is 45.9 Å². The Morgan fingerprint density at radius 1 is 1.35 bits per heavy atom. The van der Waals surface area contributed by atoms with Crippen LogP contribution in [0.25, 0.3) is 0 Å². The number of hydrogen-bond acceptors (Lipinski definition) is 4. The zero-order valence-electron chi connectivity index (χ0n) is 11.0. The lowest BCUT2D eigenvalue weighted by Crippen LogP contribution is -2.50. The molecule has 17 heavy (non-hydrogen) atoms. The Labute approximate surface area is 104 Å². The maximum atomic E-state index is 12.0. The lowest BCUT2D eigenvalue weighted by atomic mass is 10.2. The van der Waals surface area contributed by atoms with E-state index >= 15 is 0 Å². The van der Waals surface area contributed by atoms with Crippen molar-refractivity contribution in [3.63, 3.8) is 0 Å². The maximum Gasteiger partial charge on any atom is 0.224 e. The third-order valence-corrected chi connectivity index (χ3v) is 3.17. The number of nitrogens with one attached hydrogen (secondary N) is 1. The molecule has 2 N–H and O–H groups in total. The van der Waals surface area contributed by atoms with Gasteiger partial charge >= 0.3 is 0 Å². The van der Waals surface area contributed by atoms with Crippen LogP contribution in [0.3, 0.4) is 0 Å². The summed E-state index contributed by atoms with van der Waals surface area (Å²) in [6.45, 7) is 9.25. The molecule has 0 saturated carbocycles. The van der Waals surface area contributed by atoms with Crippen molar-refractivity contribution in [3.8, 4) is 0 Å². The third-order valence-electron chi connectivity index (χ3n) is 3.17. The molecule has 100 valence electrons. The fraction of sp³-hybridized carbons (Fsp3) is 0.917. The summed E-state index contributed by atoms with van der Waals surface area (Å²) in [5, 5.41) is 12.1. The Balaban J connectivity index is 2.25. The van der Waals surface area contributed by atoms with Crippen LogP contribution in [0, 0.1) is 0 Å². The number of hydrogen-bond donors (Lipinski definition) is 2. The minimum Gasteiger partial charge on any atom is -0.395 e. The van der Waals surface area contributed by atoms with E-state index in [9.17, 15) is 4.79 Å². The van der Waals surface area contributed by atoms with E-state index in [2.05, 4.69) is 17.1 Å². The molecule has 0 aromatic rings. The second-order valence-corrected chi connectivity index (χ2v) is 4.61. The molecule has 1 aliphatic heterocycles. The molecular formula is C12H25N3O2. The summed E-state index contributed by atoms with van der Waals surface area (Å²) in [6, 6.07) is 0.253. The highest BCUT2D eigenvalue weighted by atomic mass is 16.3. The predicted molar refractivity (Wildman–Crippen MR) is 67.9 cm³/mol. The van der Waals surface area contributed by atoms with Gasteiger partial charge < -0.3 is 15.3 Å². The van der Waals surface area contributed by atoms with E-state index in [0.29, 0.717) is 6.42 Å². The van der Waals surface area contributed by atoms with Gasteiger partial charge in [-0.05, 0) is 13.5 Å². The van der Waals surface area contributed by atoms with Crippen LogP contribution in [0.4, 0.5) is 0 Å². The average Bonchev–Trinajstić information content (AvgIpc) is 2.30. The Kier molecular flexibility index (Phi) is 6.47. The molecule has 1 saturated heterocycles. The summed E-state index contributed by atoms with van der Waals surface area (Å²) in [5.41, 5.74) is 0. The van der Waals surface area contributed by atoms with Crippen molar-refractivity contribution < 1.29 is 9.90 Å². The molecule has 0 aliphatic carbocycles. The number of carbonyl (C=O) groups excluding carboxylic acids is 1.